The lowest BCUT2D eigenvalue weighted by atomic mass is 10.1. The minimum Gasteiger partial charge on any atom is -0.452 e. The molecular weight excluding hydrogens is 382 g/mol. The number of hydrazine groups is 1. The lowest BCUT2D eigenvalue weighted by Crippen LogP contribution is -2.44. The standard InChI is InChI=1S/C19H23N3O5S/c1-12(2)26-9-14-4-6-15(7-5-14)19(25)27-10-17(24)22-21-16(23)8-18-20-13(3)11-28-18/h4-7,11-12H,8-10H2,1-3H3,(H,21,23)(H,22,24). The molecule has 0 unspecified atom stereocenters. The lowest BCUT2D eigenvalue weighted by molar-refractivity contribution is -0.130. The number of nitrogens with zero attached hydrogens (tertiary/aromatic N) is 1. The van der Waals surface area contributed by atoms with E-state index < -0.39 is 24.4 Å². The maximum absolute atomic E-state index is 12.0. The van der Waals surface area contributed by atoms with Crippen LogP contribution in [0.4, 0.5) is 0 Å². The van der Waals surface area contributed by atoms with Crippen LogP contribution in [0.3, 0.4) is 0 Å². The zero-order chi connectivity index (χ0) is 20.5. The normalized spacial score (nSPS) is 10.6. The van der Waals surface area contributed by atoms with E-state index in [9.17, 15) is 14.4 Å². The van der Waals surface area contributed by atoms with Crippen LogP contribution < -0.4 is 10.9 Å². The molecule has 1 aromatic carbocycles. The summed E-state index contributed by atoms with van der Waals surface area (Å²) < 4.78 is 10.4. The smallest absolute Gasteiger partial charge is 0.338 e. The van der Waals surface area contributed by atoms with Gasteiger partial charge in [-0.25, -0.2) is 9.78 Å². The molecule has 9 heteroatoms. The van der Waals surface area contributed by atoms with Crippen molar-refractivity contribution in [3.05, 3.63) is 51.5 Å². The number of carbonyl (C=O) groups excluding carboxylic acids is 3. The van der Waals surface area contributed by atoms with Gasteiger partial charge in [-0.1, -0.05) is 12.1 Å². The first-order valence-corrected chi connectivity index (χ1v) is 9.58. The van der Waals surface area contributed by atoms with E-state index >= 15 is 0 Å². The van der Waals surface area contributed by atoms with Crippen molar-refractivity contribution < 1.29 is 23.9 Å². The Bertz CT molecular complexity index is 817. The van der Waals surface area contributed by atoms with Crippen LogP contribution in [-0.4, -0.2) is 35.5 Å². The maximum Gasteiger partial charge on any atom is 0.338 e. The molecule has 0 aliphatic rings. The second-order valence-corrected chi connectivity index (χ2v) is 7.23. The highest BCUT2D eigenvalue weighted by atomic mass is 32.1. The summed E-state index contributed by atoms with van der Waals surface area (Å²) in [5.74, 6) is -1.68. The average Bonchev–Trinajstić information content (AvgIpc) is 3.07. The third kappa shape index (κ3) is 7.45. The van der Waals surface area contributed by atoms with Crippen molar-refractivity contribution in [2.45, 2.75) is 39.9 Å². The predicted octanol–water partition coefficient (Wildman–Crippen LogP) is 1.92. The Morgan fingerprint density at radius 2 is 1.79 bits per heavy atom. The molecule has 2 aromatic rings. The molecule has 0 saturated heterocycles. The number of benzene rings is 1. The van der Waals surface area contributed by atoms with Gasteiger partial charge in [-0.05, 0) is 38.5 Å². The van der Waals surface area contributed by atoms with Gasteiger partial charge in [0, 0.05) is 11.1 Å². The van der Waals surface area contributed by atoms with E-state index in [1.54, 1.807) is 24.3 Å². The van der Waals surface area contributed by atoms with Crippen molar-refractivity contribution in [1.29, 1.82) is 0 Å². The molecule has 0 radical (unpaired) electrons. The predicted molar refractivity (Wildman–Crippen MR) is 103 cm³/mol. The van der Waals surface area contributed by atoms with Gasteiger partial charge in [0.25, 0.3) is 5.91 Å². The number of thiazole rings is 1. The Balaban J connectivity index is 1.70. The molecule has 2 N–H and O–H groups in total. The fourth-order valence-electron chi connectivity index (χ4n) is 2.06. The van der Waals surface area contributed by atoms with E-state index in [0.29, 0.717) is 17.2 Å². The Labute approximate surface area is 167 Å². The molecule has 150 valence electrons. The van der Waals surface area contributed by atoms with Crippen molar-refractivity contribution in [1.82, 2.24) is 15.8 Å². The van der Waals surface area contributed by atoms with Gasteiger partial charge in [-0.2, -0.15) is 0 Å². The van der Waals surface area contributed by atoms with E-state index in [1.807, 2.05) is 26.2 Å². The zero-order valence-electron chi connectivity index (χ0n) is 16.0. The molecule has 2 amide bonds. The topological polar surface area (TPSA) is 107 Å². The quantitative estimate of drug-likeness (QED) is 0.513. The molecule has 1 heterocycles. The molecule has 0 bridgehead atoms. The lowest BCUT2D eigenvalue weighted by Gasteiger charge is -2.09. The van der Waals surface area contributed by atoms with Crippen molar-refractivity contribution in [3.63, 3.8) is 0 Å². The van der Waals surface area contributed by atoms with Crippen LogP contribution in [0.5, 0.6) is 0 Å². The number of hydrogen-bond acceptors (Lipinski definition) is 7. The highest BCUT2D eigenvalue weighted by molar-refractivity contribution is 7.09. The van der Waals surface area contributed by atoms with Gasteiger partial charge in [-0.3, -0.25) is 20.4 Å². The first kappa shape index (κ1) is 21.5. The van der Waals surface area contributed by atoms with Crippen LogP contribution in [0.15, 0.2) is 29.6 Å². The number of amides is 2. The van der Waals surface area contributed by atoms with Crippen LogP contribution in [0.2, 0.25) is 0 Å². The third-order valence-corrected chi connectivity index (χ3v) is 4.39. The molecule has 0 fully saturated rings. The molecule has 0 atom stereocenters. The first-order valence-electron chi connectivity index (χ1n) is 8.70. The Hall–Kier alpha value is -2.78. The Morgan fingerprint density at radius 1 is 1.11 bits per heavy atom. The SMILES string of the molecule is Cc1csc(CC(=O)NNC(=O)COC(=O)c2ccc(COC(C)C)cc2)n1. The van der Waals surface area contributed by atoms with E-state index in [-0.39, 0.29) is 12.5 Å². The number of aryl methyl sites for hydroxylation is 1. The summed E-state index contributed by atoms with van der Waals surface area (Å²) in [6, 6.07) is 6.74. The van der Waals surface area contributed by atoms with Crippen LogP contribution in [0.25, 0.3) is 0 Å². The molecule has 1 aromatic heterocycles. The van der Waals surface area contributed by atoms with E-state index in [2.05, 4.69) is 15.8 Å². The number of rotatable bonds is 8. The zero-order valence-corrected chi connectivity index (χ0v) is 16.8. The summed E-state index contributed by atoms with van der Waals surface area (Å²) in [5, 5.41) is 2.49. The largest absolute Gasteiger partial charge is 0.452 e. The Morgan fingerprint density at radius 3 is 2.39 bits per heavy atom. The molecule has 2 rings (SSSR count). The van der Waals surface area contributed by atoms with Crippen LogP contribution >= 0.6 is 11.3 Å². The van der Waals surface area contributed by atoms with Gasteiger partial charge < -0.3 is 9.47 Å². The molecule has 0 aliphatic carbocycles. The first-order chi connectivity index (χ1) is 13.3. The van der Waals surface area contributed by atoms with Crippen LogP contribution in [0.1, 0.15) is 40.5 Å². The van der Waals surface area contributed by atoms with Crippen LogP contribution in [-0.2, 0) is 32.1 Å². The average molecular weight is 405 g/mol. The van der Waals surface area contributed by atoms with E-state index in [4.69, 9.17) is 9.47 Å². The van der Waals surface area contributed by atoms with Gasteiger partial charge >= 0.3 is 5.97 Å². The highest BCUT2D eigenvalue weighted by Gasteiger charge is 2.12. The minimum atomic E-state index is -0.640. The van der Waals surface area contributed by atoms with Gasteiger partial charge in [0.2, 0.25) is 5.91 Å². The fraction of sp³-hybridized carbons (Fsp3) is 0.368. The molecule has 0 spiro atoms. The van der Waals surface area contributed by atoms with Gasteiger partial charge in [-0.15, -0.1) is 11.3 Å². The molecule has 0 saturated carbocycles. The maximum atomic E-state index is 12.0. The number of esters is 1. The number of ether oxygens (including phenoxy) is 2. The molecule has 28 heavy (non-hydrogen) atoms. The second-order valence-electron chi connectivity index (χ2n) is 6.29. The van der Waals surface area contributed by atoms with E-state index in [0.717, 1.165) is 11.3 Å². The molecular formula is C19H23N3O5S. The monoisotopic (exact) mass is 405 g/mol. The van der Waals surface area contributed by atoms with Crippen molar-refractivity contribution in [2.24, 2.45) is 0 Å². The molecule has 0 aliphatic heterocycles. The minimum absolute atomic E-state index is 0.0610. The fourth-order valence-corrected chi connectivity index (χ4v) is 2.83. The summed E-state index contributed by atoms with van der Waals surface area (Å²) in [4.78, 5) is 39.6. The summed E-state index contributed by atoms with van der Waals surface area (Å²) in [6.45, 7) is 5.67. The van der Waals surface area contributed by atoms with Gasteiger partial charge in [0.1, 0.15) is 5.01 Å². The third-order valence-electron chi connectivity index (χ3n) is 3.43. The highest BCUT2D eigenvalue weighted by Crippen LogP contribution is 2.09. The van der Waals surface area contributed by atoms with Crippen molar-refractivity contribution in [2.75, 3.05) is 6.61 Å². The number of aromatic nitrogens is 1. The summed E-state index contributed by atoms with van der Waals surface area (Å²) >= 11 is 1.37. The van der Waals surface area contributed by atoms with Gasteiger partial charge in [0.15, 0.2) is 6.61 Å². The van der Waals surface area contributed by atoms with Crippen molar-refractivity contribution >= 4 is 29.1 Å². The summed E-state index contributed by atoms with van der Waals surface area (Å²) in [6.07, 6.45) is 0.181. The number of hydrogen-bond donors (Lipinski definition) is 2. The number of carbonyl (C=O) groups is 3. The Kier molecular flexibility index (Phi) is 8.09. The van der Waals surface area contributed by atoms with Crippen molar-refractivity contribution in [3.8, 4) is 0 Å². The van der Waals surface area contributed by atoms with Gasteiger partial charge in [0.05, 0.1) is 24.7 Å². The second kappa shape index (κ2) is 10.5. The molecule has 8 nitrogen and oxygen atoms in total. The summed E-state index contributed by atoms with van der Waals surface area (Å²) in [7, 11) is 0. The summed E-state index contributed by atoms with van der Waals surface area (Å²) in [5.41, 5.74) is 6.55. The van der Waals surface area contributed by atoms with Crippen LogP contribution in [0, 0.1) is 6.92 Å². The van der Waals surface area contributed by atoms with E-state index in [1.165, 1.54) is 11.3 Å². The number of nitrogens with one attached hydrogen (secondary N) is 2.